The molecular weight excluding hydrogens is 394 g/mol. The average molecular weight is 426 g/mol. The van der Waals surface area contributed by atoms with Crippen molar-refractivity contribution in [3.05, 3.63) is 41.7 Å². The SMILES string of the molecule is CC1CC(N(C(=O)c2csc(-c3cnn(C4=CCCC=C4)c3)n2)C(C)C)CC(C)N1. The lowest BCUT2D eigenvalue weighted by molar-refractivity contribution is 0.0510. The maximum Gasteiger partial charge on any atom is 0.273 e. The van der Waals surface area contributed by atoms with Crippen LogP contribution in [0.5, 0.6) is 0 Å². The van der Waals surface area contributed by atoms with Gasteiger partial charge in [-0.2, -0.15) is 5.10 Å². The van der Waals surface area contributed by atoms with Crippen LogP contribution in [0.15, 0.2) is 36.0 Å². The fourth-order valence-electron chi connectivity index (χ4n) is 4.56. The Labute approximate surface area is 182 Å². The summed E-state index contributed by atoms with van der Waals surface area (Å²) in [6, 6.07) is 1.19. The molecule has 2 aromatic rings. The predicted octanol–water partition coefficient (Wildman–Crippen LogP) is 4.58. The Morgan fingerprint density at radius 1 is 1.27 bits per heavy atom. The Morgan fingerprint density at radius 3 is 2.70 bits per heavy atom. The van der Waals surface area contributed by atoms with Crippen LogP contribution in [0, 0.1) is 0 Å². The molecule has 3 heterocycles. The van der Waals surface area contributed by atoms with Gasteiger partial charge in [0.2, 0.25) is 0 Å². The second-order valence-electron chi connectivity index (χ2n) is 8.72. The van der Waals surface area contributed by atoms with Crippen LogP contribution in [0.4, 0.5) is 0 Å². The van der Waals surface area contributed by atoms with Crippen LogP contribution in [0.1, 0.15) is 63.9 Å². The van der Waals surface area contributed by atoms with Gasteiger partial charge >= 0.3 is 0 Å². The number of allylic oxidation sites excluding steroid dienone is 4. The summed E-state index contributed by atoms with van der Waals surface area (Å²) in [6.07, 6.45) is 14.3. The molecule has 30 heavy (non-hydrogen) atoms. The molecule has 4 rings (SSSR count). The lowest BCUT2D eigenvalue weighted by Crippen LogP contribution is -2.54. The third kappa shape index (κ3) is 4.42. The number of rotatable bonds is 5. The van der Waals surface area contributed by atoms with Crippen LogP contribution < -0.4 is 5.32 Å². The highest BCUT2D eigenvalue weighted by molar-refractivity contribution is 7.13. The van der Waals surface area contributed by atoms with Crippen molar-refractivity contribution in [1.29, 1.82) is 0 Å². The zero-order chi connectivity index (χ0) is 21.3. The largest absolute Gasteiger partial charge is 0.332 e. The molecule has 1 saturated heterocycles. The van der Waals surface area contributed by atoms with E-state index in [1.807, 2.05) is 27.4 Å². The summed E-state index contributed by atoms with van der Waals surface area (Å²) in [7, 11) is 0. The van der Waals surface area contributed by atoms with Crippen LogP contribution >= 0.6 is 11.3 Å². The first-order chi connectivity index (χ1) is 14.4. The molecule has 2 atom stereocenters. The minimum Gasteiger partial charge on any atom is -0.332 e. The molecule has 1 N–H and O–H groups in total. The van der Waals surface area contributed by atoms with E-state index in [4.69, 9.17) is 4.98 Å². The van der Waals surface area contributed by atoms with Gasteiger partial charge in [-0.1, -0.05) is 12.2 Å². The molecule has 7 heteroatoms. The number of carbonyl (C=O) groups is 1. The normalized spacial score (nSPS) is 24.2. The second-order valence-corrected chi connectivity index (χ2v) is 9.58. The Kier molecular flexibility index (Phi) is 6.20. The van der Waals surface area contributed by atoms with Gasteiger partial charge in [-0.25, -0.2) is 9.67 Å². The van der Waals surface area contributed by atoms with Crippen molar-refractivity contribution in [3.8, 4) is 10.6 Å². The van der Waals surface area contributed by atoms with Gasteiger partial charge in [0.25, 0.3) is 5.91 Å². The Balaban J connectivity index is 1.53. The molecule has 1 fully saturated rings. The van der Waals surface area contributed by atoms with E-state index in [9.17, 15) is 4.79 Å². The molecule has 0 spiro atoms. The standard InChI is InChI=1S/C23H31N5OS/c1-15(2)28(20-10-16(3)25-17(4)11-20)23(29)21-14-30-22(26-21)18-12-24-27(13-18)19-8-6-5-7-9-19/h6,8-9,12-17,20,25H,5,7,10-11H2,1-4H3. The van der Waals surface area contributed by atoms with Crippen molar-refractivity contribution in [2.75, 3.05) is 0 Å². The van der Waals surface area contributed by atoms with Gasteiger partial charge in [0.1, 0.15) is 10.7 Å². The summed E-state index contributed by atoms with van der Waals surface area (Å²) in [5.74, 6) is 0.0316. The van der Waals surface area contributed by atoms with E-state index in [0.29, 0.717) is 17.8 Å². The van der Waals surface area contributed by atoms with Crippen molar-refractivity contribution >= 4 is 22.9 Å². The monoisotopic (exact) mass is 425 g/mol. The first kappa shape index (κ1) is 21.0. The van der Waals surface area contributed by atoms with Gasteiger partial charge in [0.05, 0.1) is 11.9 Å². The molecule has 1 aliphatic carbocycles. The molecule has 1 aliphatic heterocycles. The molecule has 2 aliphatic rings. The van der Waals surface area contributed by atoms with Crippen molar-refractivity contribution in [1.82, 2.24) is 25.0 Å². The van der Waals surface area contributed by atoms with E-state index in [0.717, 1.165) is 42.0 Å². The van der Waals surface area contributed by atoms with Crippen LogP contribution in [0.2, 0.25) is 0 Å². The molecular formula is C23H31N5OS. The van der Waals surface area contributed by atoms with Crippen LogP contribution in [0.3, 0.4) is 0 Å². The van der Waals surface area contributed by atoms with Crippen LogP contribution in [-0.2, 0) is 0 Å². The zero-order valence-corrected chi connectivity index (χ0v) is 19.0. The summed E-state index contributed by atoms with van der Waals surface area (Å²) in [6.45, 7) is 8.58. The molecule has 0 bridgehead atoms. The summed E-state index contributed by atoms with van der Waals surface area (Å²) >= 11 is 1.51. The number of hydrogen-bond acceptors (Lipinski definition) is 5. The van der Waals surface area contributed by atoms with Crippen molar-refractivity contribution in [2.24, 2.45) is 0 Å². The lowest BCUT2D eigenvalue weighted by Gasteiger charge is -2.41. The maximum absolute atomic E-state index is 13.4. The molecule has 0 radical (unpaired) electrons. The van der Waals surface area contributed by atoms with Gasteiger partial charge in [0.15, 0.2) is 0 Å². The number of thiazole rings is 1. The number of piperidine rings is 1. The van der Waals surface area contributed by atoms with Gasteiger partial charge in [-0.15, -0.1) is 11.3 Å². The van der Waals surface area contributed by atoms with Crippen molar-refractivity contribution in [3.63, 3.8) is 0 Å². The summed E-state index contributed by atoms with van der Waals surface area (Å²) in [4.78, 5) is 20.1. The number of nitrogens with one attached hydrogen (secondary N) is 1. The first-order valence-corrected chi connectivity index (χ1v) is 11.8. The molecule has 6 nitrogen and oxygen atoms in total. The minimum absolute atomic E-state index is 0.0316. The van der Waals surface area contributed by atoms with E-state index in [2.05, 4.69) is 56.3 Å². The summed E-state index contributed by atoms with van der Waals surface area (Å²) in [5, 5.41) is 10.8. The number of carbonyl (C=O) groups excluding carboxylic acids is 1. The van der Waals surface area contributed by atoms with Crippen molar-refractivity contribution < 1.29 is 4.79 Å². The summed E-state index contributed by atoms with van der Waals surface area (Å²) in [5.41, 5.74) is 2.56. The maximum atomic E-state index is 13.4. The lowest BCUT2D eigenvalue weighted by atomic mass is 9.93. The van der Waals surface area contributed by atoms with E-state index in [1.54, 1.807) is 0 Å². The van der Waals surface area contributed by atoms with Gasteiger partial charge in [-0.3, -0.25) is 4.79 Å². The highest BCUT2D eigenvalue weighted by atomic mass is 32.1. The number of aromatic nitrogens is 3. The Morgan fingerprint density at radius 2 is 2.03 bits per heavy atom. The molecule has 0 aromatic carbocycles. The molecule has 1 amide bonds. The molecule has 2 aromatic heterocycles. The van der Waals surface area contributed by atoms with Crippen molar-refractivity contribution in [2.45, 2.75) is 77.5 Å². The zero-order valence-electron chi connectivity index (χ0n) is 18.2. The highest BCUT2D eigenvalue weighted by Crippen LogP contribution is 2.28. The van der Waals surface area contributed by atoms with E-state index < -0.39 is 0 Å². The predicted molar refractivity (Wildman–Crippen MR) is 122 cm³/mol. The average Bonchev–Trinajstić information content (AvgIpc) is 3.37. The number of hydrogen-bond donors (Lipinski definition) is 1. The van der Waals surface area contributed by atoms with Crippen LogP contribution in [-0.4, -0.2) is 49.7 Å². The van der Waals surface area contributed by atoms with Gasteiger partial charge in [0, 0.05) is 41.3 Å². The summed E-state index contributed by atoms with van der Waals surface area (Å²) < 4.78 is 1.88. The molecule has 2 unspecified atom stereocenters. The Bertz CT molecular complexity index is 946. The van der Waals surface area contributed by atoms with E-state index >= 15 is 0 Å². The number of nitrogens with zero attached hydrogens (tertiary/aromatic N) is 4. The second kappa shape index (κ2) is 8.86. The van der Waals surface area contributed by atoms with E-state index in [1.165, 1.54) is 11.3 Å². The third-order valence-electron chi connectivity index (χ3n) is 5.80. The smallest absolute Gasteiger partial charge is 0.273 e. The van der Waals surface area contributed by atoms with Gasteiger partial charge in [-0.05, 0) is 59.5 Å². The van der Waals surface area contributed by atoms with Crippen LogP contribution in [0.25, 0.3) is 16.3 Å². The highest BCUT2D eigenvalue weighted by Gasteiger charge is 2.33. The first-order valence-electron chi connectivity index (χ1n) is 10.9. The van der Waals surface area contributed by atoms with Gasteiger partial charge < -0.3 is 10.2 Å². The fourth-order valence-corrected chi connectivity index (χ4v) is 5.33. The minimum atomic E-state index is 0.0316. The Hall–Kier alpha value is -2.25. The quantitative estimate of drug-likeness (QED) is 0.762. The number of amides is 1. The van der Waals surface area contributed by atoms with E-state index in [-0.39, 0.29) is 18.0 Å². The fraction of sp³-hybridized carbons (Fsp3) is 0.522. The topological polar surface area (TPSA) is 63.1 Å². The molecule has 160 valence electrons. The molecule has 0 saturated carbocycles. The third-order valence-corrected chi connectivity index (χ3v) is 6.69.